The molecule has 0 radical (unpaired) electrons. The van der Waals surface area contributed by atoms with Crippen LogP contribution in [0, 0.1) is 6.92 Å². The topological polar surface area (TPSA) is 54.0 Å². The molecule has 0 saturated carbocycles. The SMILES string of the molecule is COc1cc(O[Si](C)(C)C(C)(C)C)cc(OC)c1-c1cccc(COc2ccc(C=O)cc2)c1C. The average Bonchev–Trinajstić information content (AvgIpc) is 2.82. The van der Waals surface area contributed by atoms with E-state index in [4.69, 9.17) is 18.6 Å². The number of benzene rings is 3. The van der Waals surface area contributed by atoms with E-state index in [-0.39, 0.29) is 5.04 Å². The lowest BCUT2D eigenvalue weighted by Crippen LogP contribution is -2.43. The van der Waals surface area contributed by atoms with Gasteiger partial charge < -0.3 is 18.6 Å². The second-order valence-corrected chi connectivity index (χ2v) is 14.9. The summed E-state index contributed by atoms with van der Waals surface area (Å²) in [6.07, 6.45) is 0.820. The Morgan fingerprint density at radius 1 is 0.886 bits per heavy atom. The van der Waals surface area contributed by atoms with Gasteiger partial charge in [-0.1, -0.05) is 39.0 Å². The van der Waals surface area contributed by atoms with Crippen molar-refractivity contribution in [1.82, 2.24) is 0 Å². The van der Waals surface area contributed by atoms with Crippen LogP contribution in [0.25, 0.3) is 11.1 Å². The van der Waals surface area contributed by atoms with Crippen molar-refractivity contribution in [2.24, 2.45) is 0 Å². The van der Waals surface area contributed by atoms with Gasteiger partial charge in [0.2, 0.25) is 8.32 Å². The van der Waals surface area contributed by atoms with Crippen molar-refractivity contribution in [2.45, 2.75) is 52.4 Å². The monoisotopic (exact) mass is 492 g/mol. The summed E-state index contributed by atoms with van der Waals surface area (Å²) < 4.78 is 24.2. The molecule has 3 rings (SSSR count). The van der Waals surface area contributed by atoms with E-state index in [0.29, 0.717) is 29.4 Å². The molecule has 0 N–H and O–H groups in total. The molecular weight excluding hydrogens is 456 g/mol. The van der Waals surface area contributed by atoms with Crippen molar-refractivity contribution >= 4 is 14.6 Å². The molecule has 0 bridgehead atoms. The molecule has 0 saturated heterocycles. The third-order valence-electron chi connectivity index (χ3n) is 6.78. The smallest absolute Gasteiger partial charge is 0.250 e. The quantitative estimate of drug-likeness (QED) is 0.229. The summed E-state index contributed by atoms with van der Waals surface area (Å²) in [5, 5.41) is 0.0740. The molecule has 0 aliphatic heterocycles. The van der Waals surface area contributed by atoms with Crippen LogP contribution in [0.5, 0.6) is 23.0 Å². The molecule has 0 heterocycles. The summed E-state index contributed by atoms with van der Waals surface area (Å²) in [5.41, 5.74) is 4.64. The van der Waals surface area contributed by atoms with E-state index in [1.807, 2.05) is 24.3 Å². The molecule has 0 aliphatic rings. The number of hydrogen-bond donors (Lipinski definition) is 0. The van der Waals surface area contributed by atoms with Crippen LogP contribution in [-0.2, 0) is 6.61 Å². The maximum atomic E-state index is 10.9. The summed E-state index contributed by atoms with van der Waals surface area (Å²) in [6.45, 7) is 13.6. The summed E-state index contributed by atoms with van der Waals surface area (Å²) in [6, 6.07) is 17.1. The zero-order valence-corrected chi connectivity index (χ0v) is 23.0. The fraction of sp³-hybridized carbons (Fsp3) is 0.345. The van der Waals surface area contributed by atoms with Gasteiger partial charge >= 0.3 is 0 Å². The average molecular weight is 493 g/mol. The van der Waals surface area contributed by atoms with Gasteiger partial charge in [0.25, 0.3) is 0 Å². The van der Waals surface area contributed by atoms with Crippen molar-refractivity contribution < 1.29 is 23.4 Å². The first kappa shape index (κ1) is 26.4. The first-order chi connectivity index (χ1) is 16.5. The van der Waals surface area contributed by atoms with E-state index >= 15 is 0 Å². The Bertz CT molecular complexity index is 1150. The van der Waals surface area contributed by atoms with E-state index < -0.39 is 8.32 Å². The van der Waals surface area contributed by atoms with Crippen LogP contribution in [0.15, 0.2) is 54.6 Å². The minimum atomic E-state index is -2.03. The zero-order valence-electron chi connectivity index (χ0n) is 22.0. The lowest BCUT2D eigenvalue weighted by Gasteiger charge is -2.36. The third-order valence-corrected chi connectivity index (χ3v) is 11.1. The lowest BCUT2D eigenvalue weighted by molar-refractivity contribution is 0.112. The molecule has 3 aromatic carbocycles. The van der Waals surface area contributed by atoms with Gasteiger partial charge in [0.1, 0.15) is 35.9 Å². The van der Waals surface area contributed by atoms with E-state index in [1.54, 1.807) is 38.5 Å². The Morgan fingerprint density at radius 2 is 1.49 bits per heavy atom. The molecular formula is C29H36O5Si. The van der Waals surface area contributed by atoms with Crippen molar-refractivity contribution in [2.75, 3.05) is 14.2 Å². The molecule has 0 fully saturated rings. The predicted molar refractivity (Wildman–Crippen MR) is 144 cm³/mol. The van der Waals surface area contributed by atoms with Crippen molar-refractivity contribution in [3.05, 3.63) is 71.3 Å². The van der Waals surface area contributed by atoms with Crippen LogP contribution in [0.1, 0.15) is 42.3 Å². The highest BCUT2D eigenvalue weighted by Gasteiger charge is 2.39. The molecule has 186 valence electrons. The van der Waals surface area contributed by atoms with Crippen molar-refractivity contribution in [1.29, 1.82) is 0 Å². The van der Waals surface area contributed by atoms with Gasteiger partial charge in [-0.25, -0.2) is 0 Å². The van der Waals surface area contributed by atoms with Gasteiger partial charge in [-0.2, -0.15) is 0 Å². The fourth-order valence-electron chi connectivity index (χ4n) is 3.57. The van der Waals surface area contributed by atoms with Crippen molar-refractivity contribution in [3.8, 4) is 34.1 Å². The predicted octanol–water partition coefficient (Wildman–Crippen LogP) is 7.45. The van der Waals surface area contributed by atoms with E-state index in [1.165, 1.54) is 0 Å². The Labute approximate surface area is 210 Å². The summed E-state index contributed by atoms with van der Waals surface area (Å²) in [7, 11) is 1.30. The zero-order chi connectivity index (χ0) is 25.8. The normalized spacial score (nSPS) is 11.7. The number of aldehydes is 1. The molecule has 3 aromatic rings. The van der Waals surface area contributed by atoms with Gasteiger partial charge in [0.15, 0.2) is 0 Å². The van der Waals surface area contributed by atoms with Crippen LogP contribution < -0.4 is 18.6 Å². The molecule has 0 unspecified atom stereocenters. The summed E-state index contributed by atoms with van der Waals surface area (Å²) in [5.74, 6) is 2.86. The molecule has 0 amide bonds. The summed E-state index contributed by atoms with van der Waals surface area (Å²) >= 11 is 0. The van der Waals surface area contributed by atoms with Gasteiger partial charge in [0.05, 0.1) is 19.8 Å². The maximum Gasteiger partial charge on any atom is 0.250 e. The highest BCUT2D eigenvalue weighted by Crippen LogP contribution is 2.45. The standard InChI is InChI=1S/C29H36O5Si/c1-20-22(19-33-23-14-12-21(18-30)13-15-23)10-9-11-25(20)28-26(31-5)16-24(17-27(28)32-6)34-35(7,8)29(2,3)4/h9-18H,19H2,1-8H3. The maximum absolute atomic E-state index is 10.9. The minimum absolute atomic E-state index is 0.0740. The van der Waals surface area contributed by atoms with Gasteiger partial charge in [-0.15, -0.1) is 0 Å². The molecule has 0 aromatic heterocycles. The van der Waals surface area contributed by atoms with Gasteiger partial charge in [-0.3, -0.25) is 4.79 Å². The molecule has 5 nitrogen and oxygen atoms in total. The highest BCUT2D eigenvalue weighted by molar-refractivity contribution is 6.74. The van der Waals surface area contributed by atoms with Crippen LogP contribution in [-0.4, -0.2) is 28.8 Å². The molecule has 0 atom stereocenters. The second kappa shape index (κ2) is 10.6. The molecule has 6 heteroatoms. The third kappa shape index (κ3) is 5.88. The fourth-order valence-corrected chi connectivity index (χ4v) is 4.59. The Hall–Kier alpha value is -3.25. The number of methoxy groups -OCH3 is 2. The van der Waals surface area contributed by atoms with E-state index in [0.717, 1.165) is 34.3 Å². The number of hydrogen-bond acceptors (Lipinski definition) is 5. The van der Waals surface area contributed by atoms with Crippen LogP contribution in [0.3, 0.4) is 0 Å². The highest BCUT2D eigenvalue weighted by atomic mass is 28.4. The van der Waals surface area contributed by atoms with E-state index in [2.05, 4.69) is 46.9 Å². The Balaban J connectivity index is 1.97. The van der Waals surface area contributed by atoms with E-state index in [9.17, 15) is 4.79 Å². The first-order valence-electron chi connectivity index (χ1n) is 11.7. The molecule has 35 heavy (non-hydrogen) atoms. The molecule has 0 aliphatic carbocycles. The van der Waals surface area contributed by atoms with Crippen LogP contribution in [0.4, 0.5) is 0 Å². The summed E-state index contributed by atoms with van der Waals surface area (Å²) in [4.78, 5) is 10.9. The first-order valence-corrected chi connectivity index (χ1v) is 14.6. The number of carbonyl (C=O) groups is 1. The number of ether oxygens (including phenoxy) is 3. The Morgan fingerprint density at radius 3 is 2.00 bits per heavy atom. The van der Waals surface area contributed by atoms with Gasteiger partial charge in [-0.05, 0) is 66.0 Å². The Kier molecular flexibility index (Phi) is 7.95. The largest absolute Gasteiger partial charge is 0.543 e. The molecule has 0 spiro atoms. The van der Waals surface area contributed by atoms with Crippen LogP contribution >= 0.6 is 0 Å². The minimum Gasteiger partial charge on any atom is -0.543 e. The van der Waals surface area contributed by atoms with Crippen molar-refractivity contribution in [3.63, 3.8) is 0 Å². The van der Waals surface area contributed by atoms with Crippen LogP contribution in [0.2, 0.25) is 18.1 Å². The second-order valence-electron chi connectivity index (χ2n) is 10.1. The van der Waals surface area contributed by atoms with Gasteiger partial charge in [0, 0.05) is 17.7 Å². The lowest BCUT2D eigenvalue weighted by atomic mass is 9.95. The number of rotatable bonds is 9. The number of carbonyl (C=O) groups excluding carboxylic acids is 1.